The van der Waals surface area contributed by atoms with Gasteiger partial charge in [-0.1, -0.05) is 158 Å². The molecule has 0 saturated carbocycles. The Kier molecular flexibility index (Phi) is 10.5. The van der Waals surface area contributed by atoms with Crippen molar-refractivity contribution in [2.24, 2.45) is 0 Å². The van der Waals surface area contributed by atoms with Crippen LogP contribution in [0.3, 0.4) is 0 Å². The smallest absolute Gasteiger partial charge is 0.164 e. The molecule has 0 radical (unpaired) electrons. The van der Waals surface area contributed by atoms with E-state index >= 15 is 0 Å². The fourth-order valence-electron chi connectivity index (χ4n) is 7.51. The maximum Gasteiger partial charge on any atom is 0.164 e. The minimum absolute atomic E-state index is 0.284. The van der Waals surface area contributed by atoms with Crippen LogP contribution in [0.2, 0.25) is 0 Å². The first-order valence-corrected chi connectivity index (χ1v) is 19.1. The second kappa shape index (κ2) is 16.2. The van der Waals surface area contributed by atoms with E-state index in [-0.39, 0.29) is 5.92 Å². The third-order valence-electron chi connectivity index (χ3n) is 10.5. The van der Waals surface area contributed by atoms with Crippen LogP contribution in [-0.4, -0.2) is 19.9 Å². The third-order valence-corrected chi connectivity index (χ3v) is 10.5. The van der Waals surface area contributed by atoms with E-state index < -0.39 is 0 Å². The SMILES string of the molecule is C/C(=C\C=C(/C)c1c(-c2ccccc2)cc(C2C=CC=CC2)cc1C1C=CC=CC1)c1nc(-c2ccccc2)nc(-c2ccc(-c3cccnc3C)cc2)n1. The first-order valence-electron chi connectivity index (χ1n) is 19.1. The Morgan fingerprint density at radius 3 is 1.78 bits per heavy atom. The van der Waals surface area contributed by atoms with Crippen molar-refractivity contribution in [3.8, 4) is 45.0 Å². The van der Waals surface area contributed by atoms with Crippen LogP contribution < -0.4 is 0 Å². The summed E-state index contributed by atoms with van der Waals surface area (Å²) in [4.78, 5) is 19.5. The van der Waals surface area contributed by atoms with Crippen molar-refractivity contribution in [3.63, 3.8) is 0 Å². The second-order valence-electron chi connectivity index (χ2n) is 14.3. The summed E-state index contributed by atoms with van der Waals surface area (Å²) in [5.41, 5.74) is 13.7. The van der Waals surface area contributed by atoms with Crippen molar-refractivity contribution < 1.29 is 0 Å². The van der Waals surface area contributed by atoms with Crippen LogP contribution in [-0.2, 0) is 0 Å². The number of allylic oxidation sites excluding steroid dienone is 12. The van der Waals surface area contributed by atoms with Crippen LogP contribution in [0.4, 0.5) is 0 Å². The van der Waals surface area contributed by atoms with Crippen LogP contribution >= 0.6 is 0 Å². The molecule has 0 saturated heterocycles. The summed E-state index contributed by atoms with van der Waals surface area (Å²) in [7, 11) is 0. The lowest BCUT2D eigenvalue weighted by Gasteiger charge is -2.25. The van der Waals surface area contributed by atoms with E-state index in [4.69, 9.17) is 15.0 Å². The molecule has 0 spiro atoms. The fourth-order valence-corrected chi connectivity index (χ4v) is 7.51. The topological polar surface area (TPSA) is 51.6 Å². The first-order chi connectivity index (χ1) is 27.0. The number of hydrogen-bond acceptors (Lipinski definition) is 4. The molecule has 0 fully saturated rings. The summed E-state index contributed by atoms with van der Waals surface area (Å²) in [5, 5.41) is 0. The molecule has 0 N–H and O–H groups in total. The first kappa shape index (κ1) is 35.5. The molecule has 4 nitrogen and oxygen atoms in total. The number of aryl methyl sites for hydroxylation is 1. The molecule has 2 aromatic heterocycles. The molecule has 2 aliphatic carbocycles. The molecule has 268 valence electrons. The minimum atomic E-state index is 0.284. The number of benzene rings is 4. The van der Waals surface area contributed by atoms with E-state index in [0.29, 0.717) is 23.4 Å². The highest BCUT2D eigenvalue weighted by Gasteiger charge is 2.22. The summed E-state index contributed by atoms with van der Waals surface area (Å²) in [6.45, 7) is 6.36. The Balaban J connectivity index is 1.22. The Labute approximate surface area is 324 Å². The van der Waals surface area contributed by atoms with Gasteiger partial charge in [0.1, 0.15) is 0 Å². The molecule has 8 rings (SSSR count). The number of aromatic nitrogens is 4. The van der Waals surface area contributed by atoms with Crippen molar-refractivity contribution in [2.45, 2.75) is 45.4 Å². The number of rotatable bonds is 9. The highest BCUT2D eigenvalue weighted by molar-refractivity contribution is 5.85. The summed E-state index contributed by atoms with van der Waals surface area (Å²) in [6.07, 6.45) is 26.1. The monoisotopic (exact) mass is 712 g/mol. The van der Waals surface area contributed by atoms with Gasteiger partial charge in [-0.05, 0) is 90.3 Å². The third kappa shape index (κ3) is 7.90. The van der Waals surface area contributed by atoms with Crippen LogP contribution in [0.5, 0.6) is 0 Å². The highest BCUT2D eigenvalue weighted by Crippen LogP contribution is 2.41. The number of hydrogen-bond donors (Lipinski definition) is 0. The standard InChI is InChI=1S/C51H44N4/c1-35(48-46(39-19-10-5-11-20-39)33-44(38-17-8-4-9-18-38)34-47(48)40-21-12-6-13-22-40)26-27-36(2)49-53-50(42-23-14-7-15-24-42)55-51(54-49)43-30-28-41(29-31-43)45-25-16-32-52-37(45)3/h4-17,19-21,23-34,38,40H,18,22H2,1-3H3/b35-26+,36-27+. The molecule has 0 amide bonds. The molecule has 4 heteroatoms. The van der Waals surface area contributed by atoms with Crippen molar-refractivity contribution >= 4 is 11.1 Å². The van der Waals surface area contributed by atoms with E-state index in [9.17, 15) is 0 Å². The summed E-state index contributed by atoms with van der Waals surface area (Å²) in [5.74, 6) is 2.57. The van der Waals surface area contributed by atoms with Gasteiger partial charge >= 0.3 is 0 Å². The van der Waals surface area contributed by atoms with E-state index in [1.165, 1.54) is 33.4 Å². The van der Waals surface area contributed by atoms with Gasteiger partial charge in [0.15, 0.2) is 17.5 Å². The van der Waals surface area contributed by atoms with Gasteiger partial charge in [0.25, 0.3) is 0 Å². The van der Waals surface area contributed by atoms with Crippen LogP contribution in [0.15, 0.2) is 176 Å². The molecule has 4 aromatic carbocycles. The molecule has 2 unspecified atom stereocenters. The lowest BCUT2D eigenvalue weighted by Crippen LogP contribution is -2.07. The zero-order valence-electron chi connectivity index (χ0n) is 31.6. The Bertz CT molecular complexity index is 2500. The minimum Gasteiger partial charge on any atom is -0.261 e. The molecule has 2 heterocycles. The van der Waals surface area contributed by atoms with E-state index in [1.54, 1.807) is 0 Å². The van der Waals surface area contributed by atoms with E-state index in [0.717, 1.165) is 46.4 Å². The van der Waals surface area contributed by atoms with Gasteiger partial charge in [-0.2, -0.15) is 0 Å². The Morgan fingerprint density at radius 1 is 0.564 bits per heavy atom. The molecule has 0 aliphatic heterocycles. The van der Waals surface area contributed by atoms with E-state index in [2.05, 4.69) is 152 Å². The average Bonchev–Trinajstić information content (AvgIpc) is 3.26. The average molecular weight is 713 g/mol. The van der Waals surface area contributed by atoms with Crippen LogP contribution in [0.25, 0.3) is 56.2 Å². The fraction of sp³-hybridized carbons (Fsp3) is 0.137. The molecule has 0 bridgehead atoms. The van der Waals surface area contributed by atoms with Crippen LogP contribution in [0.1, 0.15) is 66.7 Å². The second-order valence-corrected chi connectivity index (χ2v) is 14.3. The van der Waals surface area contributed by atoms with Crippen molar-refractivity contribution in [2.75, 3.05) is 0 Å². The van der Waals surface area contributed by atoms with Crippen molar-refractivity contribution in [3.05, 3.63) is 204 Å². The van der Waals surface area contributed by atoms with Gasteiger partial charge in [-0.3, -0.25) is 4.98 Å². The zero-order chi connectivity index (χ0) is 37.6. The lowest BCUT2D eigenvalue weighted by molar-refractivity contribution is 0.823. The van der Waals surface area contributed by atoms with Gasteiger partial charge in [-0.15, -0.1) is 0 Å². The molecule has 6 aromatic rings. The maximum absolute atomic E-state index is 5.06. The quantitative estimate of drug-likeness (QED) is 0.140. The Morgan fingerprint density at radius 2 is 1.15 bits per heavy atom. The molecule has 2 aliphatic rings. The molecule has 2 atom stereocenters. The van der Waals surface area contributed by atoms with Gasteiger partial charge in [0.2, 0.25) is 0 Å². The van der Waals surface area contributed by atoms with Crippen molar-refractivity contribution in [1.29, 1.82) is 0 Å². The zero-order valence-corrected chi connectivity index (χ0v) is 31.6. The van der Waals surface area contributed by atoms with Gasteiger partial charge in [-0.25, -0.2) is 15.0 Å². The predicted octanol–water partition coefficient (Wildman–Crippen LogP) is 12.9. The van der Waals surface area contributed by atoms with Gasteiger partial charge in [0, 0.05) is 40.4 Å². The van der Waals surface area contributed by atoms with Crippen molar-refractivity contribution in [1.82, 2.24) is 19.9 Å². The molecular formula is C51H44N4. The Hall–Kier alpha value is -6.52. The number of pyridine rings is 1. The van der Waals surface area contributed by atoms with Gasteiger partial charge < -0.3 is 0 Å². The predicted molar refractivity (Wildman–Crippen MR) is 229 cm³/mol. The maximum atomic E-state index is 5.06. The largest absolute Gasteiger partial charge is 0.261 e. The lowest BCUT2D eigenvalue weighted by atomic mass is 9.79. The van der Waals surface area contributed by atoms with Crippen LogP contribution in [0, 0.1) is 6.92 Å². The number of nitrogens with zero attached hydrogens (tertiary/aromatic N) is 4. The normalized spacial score (nSPS) is 16.8. The summed E-state index contributed by atoms with van der Waals surface area (Å²) < 4.78 is 0. The van der Waals surface area contributed by atoms with Gasteiger partial charge in [0.05, 0.1) is 0 Å². The molecule has 55 heavy (non-hydrogen) atoms. The van der Waals surface area contributed by atoms with E-state index in [1.807, 2.05) is 49.5 Å². The highest BCUT2D eigenvalue weighted by atomic mass is 15.0. The molecular weight excluding hydrogens is 669 g/mol. The summed E-state index contributed by atoms with van der Waals surface area (Å²) in [6, 6.07) is 38.3. The summed E-state index contributed by atoms with van der Waals surface area (Å²) >= 11 is 0.